The number of para-hydroxylation sites is 1. The Morgan fingerprint density at radius 1 is 1.07 bits per heavy atom. The number of benzene rings is 1. The average molecular weight is 615 g/mol. The van der Waals surface area contributed by atoms with Gasteiger partial charge in [0, 0.05) is 45.3 Å². The number of hydrogen-bond acceptors (Lipinski definition) is 4. The SMILES string of the molecule is CSc1cc(C)[nH]c(=O)c1CNC(=O)c1c(C)n(C(C)C2CCN(CCC34CC5CC(CC(C5)C3)C4)CC2)c2ccccc12. The monoisotopic (exact) mass is 614 g/mol. The lowest BCUT2D eigenvalue weighted by Crippen LogP contribution is -2.47. The molecule has 7 heteroatoms. The average Bonchev–Trinajstić information content (AvgIpc) is 3.30. The quantitative estimate of drug-likeness (QED) is 0.245. The molecule has 44 heavy (non-hydrogen) atoms. The molecular weight excluding hydrogens is 565 g/mol. The van der Waals surface area contributed by atoms with E-state index in [2.05, 4.69) is 51.8 Å². The maximum absolute atomic E-state index is 13.7. The molecule has 1 amide bonds. The van der Waals surface area contributed by atoms with Gasteiger partial charge in [0.05, 0.1) is 5.56 Å². The van der Waals surface area contributed by atoms with Crippen LogP contribution in [-0.2, 0) is 6.54 Å². The van der Waals surface area contributed by atoms with E-state index in [4.69, 9.17) is 0 Å². The van der Waals surface area contributed by atoms with E-state index >= 15 is 0 Å². The lowest BCUT2D eigenvalue weighted by molar-refractivity contribution is -0.0620. The normalized spacial score (nSPS) is 27.7. The highest BCUT2D eigenvalue weighted by Gasteiger charge is 2.50. The molecule has 2 aromatic heterocycles. The smallest absolute Gasteiger partial charge is 0.254 e. The molecular formula is C37H50N4O2S. The topological polar surface area (TPSA) is 70.1 Å². The molecule has 3 aromatic rings. The first-order valence-corrected chi connectivity index (χ1v) is 18.3. The second-order valence-corrected chi connectivity index (χ2v) is 15.8. The summed E-state index contributed by atoms with van der Waals surface area (Å²) in [5.41, 5.74) is 4.85. The predicted octanol–water partition coefficient (Wildman–Crippen LogP) is 7.48. The van der Waals surface area contributed by atoms with Gasteiger partial charge in [0.1, 0.15) is 0 Å². The van der Waals surface area contributed by atoms with Crippen molar-refractivity contribution in [1.29, 1.82) is 0 Å². The van der Waals surface area contributed by atoms with Crippen LogP contribution < -0.4 is 10.9 Å². The first kappa shape index (κ1) is 30.2. The molecule has 6 nitrogen and oxygen atoms in total. The zero-order chi connectivity index (χ0) is 30.6. The fourth-order valence-corrected chi connectivity index (χ4v) is 11.1. The van der Waals surface area contributed by atoms with Crippen molar-refractivity contribution in [3.8, 4) is 0 Å². The molecule has 2 N–H and O–H groups in total. The van der Waals surface area contributed by atoms with E-state index in [-0.39, 0.29) is 18.0 Å². The van der Waals surface area contributed by atoms with Gasteiger partial charge in [-0.2, -0.15) is 0 Å². The molecule has 1 unspecified atom stereocenters. The van der Waals surface area contributed by atoms with E-state index < -0.39 is 0 Å². The number of thioether (sulfide) groups is 1. The second-order valence-electron chi connectivity index (χ2n) is 14.9. The molecule has 5 fully saturated rings. The number of piperidine rings is 1. The maximum Gasteiger partial charge on any atom is 0.254 e. The lowest BCUT2D eigenvalue weighted by Gasteiger charge is -2.57. The Bertz CT molecular complexity index is 1560. The number of likely N-dealkylation sites (tertiary alicyclic amines) is 1. The van der Waals surface area contributed by atoms with Crippen molar-refractivity contribution in [2.24, 2.45) is 29.1 Å². The largest absolute Gasteiger partial charge is 0.348 e. The Morgan fingerprint density at radius 2 is 1.73 bits per heavy atom. The van der Waals surface area contributed by atoms with E-state index in [1.165, 1.54) is 89.2 Å². The van der Waals surface area contributed by atoms with Gasteiger partial charge >= 0.3 is 0 Å². The summed E-state index contributed by atoms with van der Waals surface area (Å²) in [5, 5.41) is 4.08. The molecule has 8 rings (SSSR count). The molecule has 1 atom stereocenters. The summed E-state index contributed by atoms with van der Waals surface area (Å²) in [7, 11) is 0. The molecule has 0 radical (unpaired) electrons. The lowest BCUT2D eigenvalue weighted by atomic mass is 9.49. The van der Waals surface area contributed by atoms with Crippen molar-refractivity contribution in [1.82, 2.24) is 19.8 Å². The van der Waals surface area contributed by atoms with Crippen LogP contribution in [0, 0.1) is 42.9 Å². The summed E-state index contributed by atoms with van der Waals surface area (Å²) >= 11 is 1.54. The Labute approximate surface area is 266 Å². The fourth-order valence-electron chi connectivity index (χ4n) is 10.4. The Morgan fingerprint density at radius 3 is 2.39 bits per heavy atom. The van der Waals surface area contributed by atoms with Crippen molar-refractivity contribution in [2.75, 3.05) is 25.9 Å². The van der Waals surface area contributed by atoms with E-state index in [0.717, 1.165) is 50.5 Å². The van der Waals surface area contributed by atoms with Crippen LogP contribution in [0.3, 0.4) is 0 Å². The van der Waals surface area contributed by atoms with Gasteiger partial charge in [-0.1, -0.05) is 18.2 Å². The highest BCUT2D eigenvalue weighted by molar-refractivity contribution is 7.98. The first-order valence-electron chi connectivity index (χ1n) is 17.1. The molecule has 1 saturated heterocycles. The summed E-state index contributed by atoms with van der Waals surface area (Å²) in [4.78, 5) is 33.0. The highest BCUT2D eigenvalue weighted by Crippen LogP contribution is 2.61. The van der Waals surface area contributed by atoms with Crippen LogP contribution in [0.5, 0.6) is 0 Å². The number of H-pyrrole nitrogens is 1. The van der Waals surface area contributed by atoms with Crippen molar-refractivity contribution in [3.05, 3.63) is 63.2 Å². The van der Waals surface area contributed by atoms with Gasteiger partial charge in [-0.05, 0) is 146 Å². The van der Waals surface area contributed by atoms with Crippen molar-refractivity contribution in [3.63, 3.8) is 0 Å². The molecule has 4 bridgehead atoms. The molecule has 4 saturated carbocycles. The first-order chi connectivity index (χ1) is 21.2. The third kappa shape index (κ3) is 5.57. The van der Waals surface area contributed by atoms with Crippen LogP contribution >= 0.6 is 11.8 Å². The molecule has 5 aliphatic rings. The van der Waals surface area contributed by atoms with Crippen LogP contribution in [0.25, 0.3) is 10.9 Å². The third-order valence-corrected chi connectivity index (χ3v) is 12.9. The minimum atomic E-state index is -0.133. The summed E-state index contributed by atoms with van der Waals surface area (Å²) in [6, 6.07) is 10.6. The standard InChI is InChI=1S/C37H50N4O2S/c1-23-15-33(44-4)31(35(42)39-23)22-38-36(43)34-25(3)41(32-8-6-5-7-30(32)34)24(2)29-9-12-40(13-10-29)14-11-37-19-26-16-27(20-37)18-28(17-26)21-37/h5-8,15,24,26-29H,9-14,16-22H2,1-4H3,(H,38,43)(H,39,42). The number of amides is 1. The van der Waals surface area contributed by atoms with E-state index in [0.29, 0.717) is 22.9 Å². The number of aromatic nitrogens is 2. The van der Waals surface area contributed by atoms with E-state index in [1.54, 1.807) is 0 Å². The number of carbonyl (C=O) groups is 1. The van der Waals surface area contributed by atoms with E-state index in [1.807, 2.05) is 25.3 Å². The minimum absolute atomic E-state index is 0.115. The Balaban J connectivity index is 1.02. The van der Waals surface area contributed by atoms with Crippen LogP contribution in [0.2, 0.25) is 0 Å². The zero-order valence-corrected chi connectivity index (χ0v) is 27.9. The van der Waals surface area contributed by atoms with Gasteiger partial charge in [0.25, 0.3) is 11.5 Å². The summed E-state index contributed by atoms with van der Waals surface area (Å²) in [6.45, 7) is 10.2. The van der Waals surface area contributed by atoms with Crippen LogP contribution in [0.4, 0.5) is 0 Å². The maximum atomic E-state index is 13.7. The summed E-state index contributed by atoms with van der Waals surface area (Å²) in [6.07, 6.45) is 15.0. The molecule has 0 spiro atoms. The van der Waals surface area contributed by atoms with Crippen LogP contribution in [0.1, 0.15) is 98.1 Å². The summed E-state index contributed by atoms with van der Waals surface area (Å²) < 4.78 is 2.42. The third-order valence-electron chi connectivity index (χ3n) is 12.1. The van der Waals surface area contributed by atoms with Gasteiger partial charge in [-0.25, -0.2) is 0 Å². The second kappa shape index (κ2) is 12.0. The number of aromatic amines is 1. The van der Waals surface area contributed by atoms with Crippen molar-refractivity contribution < 1.29 is 4.79 Å². The Kier molecular flexibility index (Phi) is 8.24. The van der Waals surface area contributed by atoms with Gasteiger partial charge < -0.3 is 19.8 Å². The van der Waals surface area contributed by atoms with E-state index in [9.17, 15) is 9.59 Å². The number of hydrogen-bond donors (Lipinski definition) is 2. The van der Waals surface area contributed by atoms with Gasteiger partial charge in [-0.15, -0.1) is 11.8 Å². The fraction of sp³-hybridized carbons (Fsp3) is 0.622. The molecule has 3 heterocycles. The Hall–Kier alpha value is -2.51. The van der Waals surface area contributed by atoms with Crippen LogP contribution in [0.15, 0.2) is 40.0 Å². The zero-order valence-electron chi connectivity index (χ0n) is 27.1. The number of carbonyl (C=O) groups excluding carboxylic acids is 1. The number of fused-ring (bicyclic) bond motifs is 1. The van der Waals surface area contributed by atoms with Crippen LogP contribution in [-0.4, -0.2) is 46.2 Å². The van der Waals surface area contributed by atoms with Crippen molar-refractivity contribution in [2.45, 2.75) is 96.0 Å². The predicted molar refractivity (Wildman–Crippen MR) is 181 cm³/mol. The molecule has 236 valence electrons. The minimum Gasteiger partial charge on any atom is -0.348 e. The summed E-state index contributed by atoms with van der Waals surface area (Å²) in [5.74, 6) is 3.59. The van der Waals surface area contributed by atoms with Crippen molar-refractivity contribution >= 4 is 28.6 Å². The van der Waals surface area contributed by atoms with Gasteiger partial charge in [0.15, 0.2) is 0 Å². The van der Waals surface area contributed by atoms with Gasteiger partial charge in [-0.3, -0.25) is 9.59 Å². The number of nitrogens with zero attached hydrogens (tertiary/aromatic N) is 2. The number of aryl methyl sites for hydroxylation is 1. The van der Waals surface area contributed by atoms with Gasteiger partial charge in [0.2, 0.25) is 0 Å². The molecule has 1 aliphatic heterocycles. The number of pyridine rings is 1. The highest BCUT2D eigenvalue weighted by atomic mass is 32.2. The number of nitrogens with one attached hydrogen (secondary N) is 2. The number of rotatable bonds is 9. The molecule has 1 aromatic carbocycles. The molecule has 4 aliphatic carbocycles.